The monoisotopic (exact) mass is 353 g/mol. The number of amides is 1. The molecule has 0 radical (unpaired) electrons. The molecule has 0 spiro atoms. The van der Waals surface area contributed by atoms with Crippen LogP contribution in [0.5, 0.6) is 11.5 Å². The summed E-state index contributed by atoms with van der Waals surface area (Å²) in [5.41, 5.74) is 4.94. The number of hydrogen-bond donors (Lipinski definition) is 2. The normalized spacial score (nSPS) is 14.0. The number of carbonyl (C=O) groups is 1. The van der Waals surface area contributed by atoms with E-state index in [2.05, 4.69) is 15.4 Å². The van der Waals surface area contributed by atoms with Gasteiger partial charge >= 0.3 is 0 Å². The Morgan fingerprint density at radius 3 is 2.65 bits per heavy atom. The molecule has 1 fully saturated rings. The lowest BCUT2D eigenvalue weighted by Crippen LogP contribution is -2.19. The molecule has 136 valence electrons. The second kappa shape index (κ2) is 8.38. The summed E-state index contributed by atoms with van der Waals surface area (Å²) in [6.07, 6.45) is 3.96. The van der Waals surface area contributed by atoms with Gasteiger partial charge in [0.15, 0.2) is 11.5 Å². The highest BCUT2D eigenvalue weighted by atomic mass is 16.5. The molecule has 0 atom stereocenters. The average molecular weight is 353 g/mol. The van der Waals surface area contributed by atoms with E-state index in [9.17, 15) is 9.90 Å². The summed E-state index contributed by atoms with van der Waals surface area (Å²) in [5, 5.41) is 13.7. The van der Waals surface area contributed by atoms with Gasteiger partial charge in [-0.1, -0.05) is 0 Å². The lowest BCUT2D eigenvalue weighted by atomic mass is 10.2. The minimum absolute atomic E-state index is 0.0751. The number of nitrogens with zero attached hydrogens (tertiary/aromatic N) is 2. The van der Waals surface area contributed by atoms with Gasteiger partial charge in [0, 0.05) is 24.3 Å². The first-order chi connectivity index (χ1) is 12.7. The maximum Gasteiger partial charge on any atom is 0.271 e. The molecule has 0 aromatic heterocycles. The highest BCUT2D eigenvalue weighted by Gasteiger charge is 2.12. The van der Waals surface area contributed by atoms with Crippen LogP contribution in [0.1, 0.15) is 35.7 Å². The number of phenolic OH excluding ortho intramolecular Hbond substituents is 1. The predicted octanol–water partition coefficient (Wildman–Crippen LogP) is 3.16. The molecular formula is C20H23N3O3. The Kier molecular flexibility index (Phi) is 5.73. The highest BCUT2D eigenvalue weighted by Crippen LogP contribution is 2.26. The number of anilines is 1. The topological polar surface area (TPSA) is 74.2 Å². The molecule has 1 aliphatic rings. The number of aromatic hydroxyl groups is 1. The molecule has 1 heterocycles. The van der Waals surface area contributed by atoms with Gasteiger partial charge < -0.3 is 14.7 Å². The minimum atomic E-state index is -0.266. The zero-order valence-electron chi connectivity index (χ0n) is 14.8. The van der Waals surface area contributed by atoms with Gasteiger partial charge in [-0.05, 0) is 67.8 Å². The van der Waals surface area contributed by atoms with Crippen LogP contribution in [0, 0.1) is 0 Å². The summed E-state index contributed by atoms with van der Waals surface area (Å²) in [6.45, 7) is 4.45. The molecule has 0 saturated carbocycles. The van der Waals surface area contributed by atoms with Crippen molar-refractivity contribution in [2.75, 3.05) is 24.6 Å². The third kappa shape index (κ3) is 4.33. The quantitative estimate of drug-likeness (QED) is 0.618. The zero-order chi connectivity index (χ0) is 18.4. The van der Waals surface area contributed by atoms with Crippen molar-refractivity contribution >= 4 is 17.8 Å². The standard InChI is InChI=1S/C20H23N3O3/c1-2-26-19-13-15(5-10-18(19)24)14-21-22-20(25)16-6-8-17(9-7-16)23-11-3-4-12-23/h5-10,13-14,24H,2-4,11-12H2,1H3,(H,22,25)/b21-14-. The van der Waals surface area contributed by atoms with Crippen molar-refractivity contribution < 1.29 is 14.6 Å². The van der Waals surface area contributed by atoms with Crippen LogP contribution in [0.2, 0.25) is 0 Å². The first-order valence-electron chi connectivity index (χ1n) is 8.81. The molecule has 0 aliphatic carbocycles. The Hall–Kier alpha value is -3.02. The summed E-state index contributed by atoms with van der Waals surface area (Å²) in [7, 11) is 0. The summed E-state index contributed by atoms with van der Waals surface area (Å²) in [6, 6.07) is 12.5. The van der Waals surface area contributed by atoms with Crippen molar-refractivity contribution in [2.24, 2.45) is 5.10 Å². The van der Waals surface area contributed by atoms with E-state index in [4.69, 9.17) is 4.74 Å². The molecule has 2 N–H and O–H groups in total. The van der Waals surface area contributed by atoms with Crippen LogP contribution in [0.4, 0.5) is 5.69 Å². The Balaban J connectivity index is 1.59. The van der Waals surface area contributed by atoms with E-state index in [1.807, 2.05) is 31.2 Å². The van der Waals surface area contributed by atoms with Crippen LogP contribution in [-0.4, -0.2) is 36.9 Å². The number of hydrazone groups is 1. The van der Waals surface area contributed by atoms with Gasteiger partial charge in [-0.2, -0.15) is 5.10 Å². The number of nitrogens with one attached hydrogen (secondary N) is 1. The lowest BCUT2D eigenvalue weighted by Gasteiger charge is -2.17. The van der Waals surface area contributed by atoms with E-state index in [1.54, 1.807) is 12.1 Å². The van der Waals surface area contributed by atoms with E-state index in [0.29, 0.717) is 17.9 Å². The van der Waals surface area contributed by atoms with Crippen LogP contribution in [-0.2, 0) is 0 Å². The first kappa shape index (κ1) is 17.8. The number of phenols is 1. The van der Waals surface area contributed by atoms with Crippen molar-refractivity contribution in [2.45, 2.75) is 19.8 Å². The second-order valence-corrected chi connectivity index (χ2v) is 6.10. The Labute approximate surface area is 153 Å². The van der Waals surface area contributed by atoms with Crippen LogP contribution in [0.25, 0.3) is 0 Å². The van der Waals surface area contributed by atoms with Crippen molar-refractivity contribution in [3.05, 3.63) is 53.6 Å². The Morgan fingerprint density at radius 1 is 1.23 bits per heavy atom. The molecule has 3 rings (SSSR count). The van der Waals surface area contributed by atoms with E-state index >= 15 is 0 Å². The lowest BCUT2D eigenvalue weighted by molar-refractivity contribution is 0.0955. The van der Waals surface area contributed by atoms with Crippen LogP contribution in [0.15, 0.2) is 47.6 Å². The number of benzene rings is 2. The fourth-order valence-electron chi connectivity index (χ4n) is 2.91. The predicted molar refractivity (Wildman–Crippen MR) is 102 cm³/mol. The third-order valence-corrected chi connectivity index (χ3v) is 4.26. The summed E-state index contributed by atoms with van der Waals surface area (Å²) in [4.78, 5) is 14.5. The van der Waals surface area contributed by atoms with Crippen molar-refractivity contribution in [3.8, 4) is 11.5 Å². The van der Waals surface area contributed by atoms with Crippen LogP contribution < -0.4 is 15.1 Å². The summed E-state index contributed by atoms with van der Waals surface area (Å²) < 4.78 is 5.32. The van der Waals surface area contributed by atoms with Gasteiger partial charge in [-0.15, -0.1) is 0 Å². The minimum Gasteiger partial charge on any atom is -0.504 e. The van der Waals surface area contributed by atoms with Gasteiger partial charge in [0.2, 0.25) is 0 Å². The van der Waals surface area contributed by atoms with Gasteiger partial charge in [0.25, 0.3) is 5.91 Å². The number of hydrogen-bond acceptors (Lipinski definition) is 5. The fraction of sp³-hybridized carbons (Fsp3) is 0.300. The van der Waals surface area contributed by atoms with E-state index < -0.39 is 0 Å². The Morgan fingerprint density at radius 2 is 1.96 bits per heavy atom. The maximum atomic E-state index is 12.2. The highest BCUT2D eigenvalue weighted by molar-refractivity contribution is 5.95. The van der Waals surface area contributed by atoms with Gasteiger partial charge in [0.1, 0.15) is 0 Å². The van der Waals surface area contributed by atoms with Crippen LogP contribution >= 0.6 is 0 Å². The molecule has 6 nitrogen and oxygen atoms in total. The molecule has 1 saturated heterocycles. The summed E-state index contributed by atoms with van der Waals surface area (Å²) in [5.74, 6) is 0.199. The maximum absolute atomic E-state index is 12.2. The fourth-order valence-corrected chi connectivity index (χ4v) is 2.91. The van der Waals surface area contributed by atoms with Gasteiger partial charge in [-0.25, -0.2) is 5.43 Å². The molecule has 6 heteroatoms. The van der Waals surface area contributed by atoms with Crippen molar-refractivity contribution in [3.63, 3.8) is 0 Å². The third-order valence-electron chi connectivity index (χ3n) is 4.26. The molecule has 0 bridgehead atoms. The number of carbonyl (C=O) groups excluding carboxylic acids is 1. The van der Waals surface area contributed by atoms with Crippen molar-refractivity contribution in [1.82, 2.24) is 5.43 Å². The van der Waals surface area contributed by atoms with E-state index in [0.717, 1.165) is 24.3 Å². The number of ether oxygens (including phenoxy) is 1. The molecule has 2 aromatic carbocycles. The van der Waals surface area contributed by atoms with Crippen molar-refractivity contribution in [1.29, 1.82) is 0 Å². The molecular weight excluding hydrogens is 330 g/mol. The molecule has 2 aromatic rings. The Bertz CT molecular complexity index is 781. The average Bonchev–Trinajstić information content (AvgIpc) is 3.19. The largest absolute Gasteiger partial charge is 0.504 e. The second-order valence-electron chi connectivity index (χ2n) is 6.10. The summed E-state index contributed by atoms with van der Waals surface area (Å²) >= 11 is 0. The van der Waals surface area contributed by atoms with E-state index in [1.165, 1.54) is 25.1 Å². The smallest absolute Gasteiger partial charge is 0.271 e. The molecule has 1 amide bonds. The first-order valence-corrected chi connectivity index (χ1v) is 8.81. The SMILES string of the molecule is CCOc1cc(/C=N\NC(=O)c2ccc(N3CCCC3)cc2)ccc1O. The number of rotatable bonds is 6. The molecule has 0 unspecified atom stereocenters. The van der Waals surface area contributed by atoms with E-state index in [-0.39, 0.29) is 11.7 Å². The van der Waals surface area contributed by atoms with Crippen LogP contribution in [0.3, 0.4) is 0 Å². The van der Waals surface area contributed by atoms with Gasteiger partial charge in [-0.3, -0.25) is 4.79 Å². The molecule has 26 heavy (non-hydrogen) atoms. The molecule has 1 aliphatic heterocycles. The van der Waals surface area contributed by atoms with Gasteiger partial charge in [0.05, 0.1) is 12.8 Å². The zero-order valence-corrected chi connectivity index (χ0v) is 14.8.